The topological polar surface area (TPSA) is 82.6 Å². The van der Waals surface area contributed by atoms with Crippen molar-refractivity contribution in [1.29, 1.82) is 0 Å². The van der Waals surface area contributed by atoms with Gasteiger partial charge in [0.15, 0.2) is 22.5 Å². The van der Waals surface area contributed by atoms with Crippen LogP contribution in [0.1, 0.15) is 18.2 Å². The van der Waals surface area contributed by atoms with Crippen LogP contribution in [-0.4, -0.2) is 52.1 Å². The van der Waals surface area contributed by atoms with E-state index in [1.165, 1.54) is 11.8 Å². The summed E-state index contributed by atoms with van der Waals surface area (Å²) in [4.78, 5) is 14.7. The van der Waals surface area contributed by atoms with E-state index in [-0.39, 0.29) is 11.7 Å². The molecule has 8 nitrogen and oxygen atoms in total. The first-order valence-corrected chi connectivity index (χ1v) is 11.2. The van der Waals surface area contributed by atoms with Crippen molar-refractivity contribution in [3.05, 3.63) is 54.5 Å². The third kappa shape index (κ3) is 5.16. The molecule has 170 valence electrons. The van der Waals surface area contributed by atoms with Crippen molar-refractivity contribution in [3.8, 4) is 22.9 Å². The lowest BCUT2D eigenvalue weighted by atomic mass is 10.2. The van der Waals surface area contributed by atoms with Crippen molar-refractivity contribution in [2.24, 2.45) is 0 Å². The zero-order valence-electron chi connectivity index (χ0n) is 18.8. The minimum Gasteiger partial charge on any atom is -0.493 e. The standard InChI is InChI=1S/C23H28N4O4S/c1-6-11-27-22(18-10-12-31-16(18)3)24-25-23(27)32-15-21(28)26(7-2)14-17-8-9-19(29-4)20(13-17)30-5/h6,8-10,12-13H,1,7,11,14-15H2,2-5H3. The lowest BCUT2D eigenvalue weighted by Crippen LogP contribution is -2.31. The maximum atomic E-state index is 12.9. The number of allylic oxidation sites excluding steroid dienone is 1. The Morgan fingerprint density at radius 1 is 1.25 bits per heavy atom. The van der Waals surface area contributed by atoms with E-state index in [1.807, 2.05) is 42.7 Å². The molecule has 0 spiro atoms. The Bertz CT molecular complexity index is 1080. The summed E-state index contributed by atoms with van der Waals surface area (Å²) in [7, 11) is 3.20. The average molecular weight is 457 g/mol. The number of methoxy groups -OCH3 is 2. The Labute approximate surface area is 192 Å². The minimum atomic E-state index is 0.0153. The number of aryl methyl sites for hydroxylation is 1. The van der Waals surface area contributed by atoms with Gasteiger partial charge in [0.05, 0.1) is 31.8 Å². The molecule has 0 aliphatic heterocycles. The summed E-state index contributed by atoms with van der Waals surface area (Å²) in [6.45, 7) is 9.28. The molecule has 0 atom stereocenters. The van der Waals surface area contributed by atoms with Crippen molar-refractivity contribution in [2.45, 2.75) is 32.1 Å². The smallest absolute Gasteiger partial charge is 0.233 e. The predicted molar refractivity (Wildman–Crippen MR) is 124 cm³/mol. The number of benzene rings is 1. The second kappa shape index (κ2) is 10.9. The highest BCUT2D eigenvalue weighted by Crippen LogP contribution is 2.29. The fraction of sp³-hybridized carbons (Fsp3) is 0.348. The van der Waals surface area contributed by atoms with Crippen molar-refractivity contribution in [3.63, 3.8) is 0 Å². The number of carbonyl (C=O) groups is 1. The van der Waals surface area contributed by atoms with E-state index in [4.69, 9.17) is 13.9 Å². The van der Waals surface area contributed by atoms with E-state index in [2.05, 4.69) is 16.8 Å². The quantitative estimate of drug-likeness (QED) is 0.316. The Balaban J connectivity index is 1.71. The van der Waals surface area contributed by atoms with Gasteiger partial charge in [0, 0.05) is 19.6 Å². The van der Waals surface area contributed by atoms with Gasteiger partial charge in [-0.1, -0.05) is 23.9 Å². The summed E-state index contributed by atoms with van der Waals surface area (Å²) >= 11 is 1.36. The van der Waals surface area contributed by atoms with Crippen molar-refractivity contribution in [2.75, 3.05) is 26.5 Å². The van der Waals surface area contributed by atoms with Crippen LogP contribution in [0.15, 0.2) is 52.8 Å². The number of hydrogen-bond acceptors (Lipinski definition) is 7. The van der Waals surface area contributed by atoms with Crippen LogP contribution in [0.2, 0.25) is 0 Å². The molecule has 9 heteroatoms. The van der Waals surface area contributed by atoms with Gasteiger partial charge in [0.1, 0.15) is 5.76 Å². The van der Waals surface area contributed by atoms with E-state index < -0.39 is 0 Å². The maximum Gasteiger partial charge on any atom is 0.233 e. The summed E-state index contributed by atoms with van der Waals surface area (Å²) in [5.74, 6) is 3.03. The molecule has 2 aromatic heterocycles. The fourth-order valence-electron chi connectivity index (χ4n) is 3.30. The summed E-state index contributed by atoms with van der Waals surface area (Å²) in [5, 5.41) is 9.28. The second-order valence-corrected chi connectivity index (χ2v) is 7.92. The van der Waals surface area contributed by atoms with Gasteiger partial charge >= 0.3 is 0 Å². The molecule has 0 radical (unpaired) electrons. The molecule has 0 saturated carbocycles. The number of amides is 1. The van der Waals surface area contributed by atoms with Crippen molar-refractivity contribution >= 4 is 17.7 Å². The number of nitrogens with zero attached hydrogens (tertiary/aromatic N) is 4. The van der Waals surface area contributed by atoms with Crippen LogP contribution in [0.4, 0.5) is 0 Å². The van der Waals surface area contributed by atoms with Crippen LogP contribution in [0.5, 0.6) is 11.5 Å². The zero-order chi connectivity index (χ0) is 23.1. The van der Waals surface area contributed by atoms with E-state index in [9.17, 15) is 4.79 Å². The van der Waals surface area contributed by atoms with E-state index in [1.54, 1.807) is 31.5 Å². The molecule has 3 aromatic rings. The number of rotatable bonds is 11. The molecule has 0 N–H and O–H groups in total. The normalized spacial score (nSPS) is 10.8. The molecule has 32 heavy (non-hydrogen) atoms. The van der Waals surface area contributed by atoms with Gasteiger partial charge in [-0.3, -0.25) is 9.36 Å². The lowest BCUT2D eigenvalue weighted by molar-refractivity contribution is -0.128. The summed E-state index contributed by atoms with van der Waals surface area (Å²) in [6.07, 6.45) is 3.41. The SMILES string of the molecule is C=CCn1c(SCC(=O)N(CC)Cc2ccc(OC)c(OC)c2)nnc1-c1ccoc1C. The molecule has 3 rings (SSSR count). The summed E-state index contributed by atoms with van der Waals surface area (Å²) < 4.78 is 18.0. The zero-order valence-corrected chi connectivity index (χ0v) is 19.6. The highest BCUT2D eigenvalue weighted by molar-refractivity contribution is 7.99. The first-order chi connectivity index (χ1) is 15.5. The summed E-state index contributed by atoms with van der Waals surface area (Å²) in [6, 6.07) is 7.53. The highest BCUT2D eigenvalue weighted by Gasteiger charge is 2.19. The molecule has 0 saturated heterocycles. The predicted octanol–water partition coefficient (Wildman–Crippen LogP) is 4.19. The van der Waals surface area contributed by atoms with Gasteiger partial charge in [0.2, 0.25) is 5.91 Å². The largest absolute Gasteiger partial charge is 0.493 e. The first-order valence-electron chi connectivity index (χ1n) is 10.2. The number of ether oxygens (including phenoxy) is 2. The number of hydrogen-bond donors (Lipinski definition) is 0. The molecule has 0 fully saturated rings. The molecule has 2 heterocycles. The van der Waals surface area contributed by atoms with Crippen LogP contribution in [0, 0.1) is 6.92 Å². The average Bonchev–Trinajstić information content (AvgIpc) is 3.41. The number of carbonyl (C=O) groups excluding carboxylic acids is 1. The molecule has 1 aromatic carbocycles. The van der Waals surface area contributed by atoms with E-state index in [0.29, 0.717) is 42.1 Å². The Morgan fingerprint density at radius 3 is 2.66 bits per heavy atom. The Hall–Kier alpha value is -3.20. The lowest BCUT2D eigenvalue weighted by Gasteiger charge is -2.21. The monoisotopic (exact) mass is 456 g/mol. The first kappa shape index (κ1) is 23.5. The molecule has 0 aliphatic rings. The summed E-state index contributed by atoms with van der Waals surface area (Å²) in [5.41, 5.74) is 1.84. The van der Waals surface area contributed by atoms with Crippen LogP contribution in [0.3, 0.4) is 0 Å². The minimum absolute atomic E-state index is 0.0153. The number of thioether (sulfide) groups is 1. The fourth-order valence-corrected chi connectivity index (χ4v) is 4.15. The number of furan rings is 1. The maximum absolute atomic E-state index is 12.9. The third-order valence-electron chi connectivity index (χ3n) is 5.01. The van der Waals surface area contributed by atoms with Gasteiger partial charge < -0.3 is 18.8 Å². The molecule has 1 amide bonds. The molecule has 0 aliphatic carbocycles. The van der Waals surface area contributed by atoms with Gasteiger partial charge in [-0.25, -0.2) is 0 Å². The third-order valence-corrected chi connectivity index (χ3v) is 5.96. The highest BCUT2D eigenvalue weighted by atomic mass is 32.2. The molecule has 0 bridgehead atoms. The van der Waals surface area contributed by atoms with Crippen LogP contribution in [0.25, 0.3) is 11.4 Å². The molecular formula is C23H28N4O4S. The molecular weight excluding hydrogens is 428 g/mol. The van der Waals surface area contributed by atoms with E-state index >= 15 is 0 Å². The van der Waals surface area contributed by atoms with E-state index in [0.717, 1.165) is 16.9 Å². The van der Waals surface area contributed by atoms with Crippen LogP contribution >= 0.6 is 11.8 Å². The van der Waals surface area contributed by atoms with Crippen molar-refractivity contribution in [1.82, 2.24) is 19.7 Å². The molecule has 0 unspecified atom stereocenters. The van der Waals surface area contributed by atoms with Crippen LogP contribution < -0.4 is 9.47 Å². The van der Waals surface area contributed by atoms with Gasteiger partial charge in [-0.05, 0) is 37.6 Å². The van der Waals surface area contributed by atoms with Gasteiger partial charge in [0.25, 0.3) is 0 Å². The van der Waals surface area contributed by atoms with Gasteiger partial charge in [-0.2, -0.15) is 0 Å². The Kier molecular flexibility index (Phi) is 7.99. The van der Waals surface area contributed by atoms with Gasteiger partial charge in [-0.15, -0.1) is 16.8 Å². The Morgan fingerprint density at radius 2 is 2.03 bits per heavy atom. The van der Waals surface area contributed by atoms with Crippen molar-refractivity contribution < 1.29 is 18.7 Å². The number of aromatic nitrogens is 3. The van der Waals surface area contributed by atoms with Crippen LogP contribution in [-0.2, 0) is 17.9 Å². The second-order valence-electron chi connectivity index (χ2n) is 6.98.